The lowest BCUT2D eigenvalue weighted by Gasteiger charge is -2.34. The van der Waals surface area contributed by atoms with Gasteiger partial charge < -0.3 is 15.1 Å². The van der Waals surface area contributed by atoms with Crippen LogP contribution in [-0.2, 0) is 6.42 Å². The van der Waals surface area contributed by atoms with E-state index in [2.05, 4.69) is 4.90 Å². The highest BCUT2D eigenvalue weighted by Gasteiger charge is 2.28. The summed E-state index contributed by atoms with van der Waals surface area (Å²) >= 11 is 0. The highest BCUT2D eigenvalue weighted by Crippen LogP contribution is 2.34. The number of hydrogen-bond acceptors (Lipinski definition) is 4. The smallest absolute Gasteiger partial charge is 0.154 e. The van der Waals surface area contributed by atoms with Crippen LogP contribution in [-0.4, -0.2) is 41.0 Å². The molecule has 26 heavy (non-hydrogen) atoms. The molecular formula is C21H24FNO3. The third kappa shape index (κ3) is 4.29. The number of carbonyl (C=O) groups excluding carboxylic acids is 1. The first-order chi connectivity index (χ1) is 12.6. The summed E-state index contributed by atoms with van der Waals surface area (Å²) in [7, 11) is 0. The molecular weight excluding hydrogens is 333 g/mol. The number of carbonyl (C=O) groups is 1. The number of benzene rings is 2. The number of likely N-dealkylation sites (tertiary alicyclic amines) is 1. The SMILES string of the molecule is O=Cc1c(O)cccc1C(O)C1CCN(CCc2ccc(F)cc2)CC1. The number of aromatic hydroxyl groups is 1. The Hall–Kier alpha value is -2.24. The predicted molar refractivity (Wildman–Crippen MR) is 97.7 cm³/mol. The quantitative estimate of drug-likeness (QED) is 0.779. The van der Waals surface area contributed by atoms with Crippen LogP contribution >= 0.6 is 0 Å². The van der Waals surface area contributed by atoms with Gasteiger partial charge in [0.2, 0.25) is 0 Å². The normalized spacial score (nSPS) is 17.2. The van der Waals surface area contributed by atoms with Crippen LogP contribution in [0.3, 0.4) is 0 Å². The van der Waals surface area contributed by atoms with Crippen molar-refractivity contribution in [3.05, 3.63) is 65.0 Å². The Morgan fingerprint density at radius 3 is 2.50 bits per heavy atom. The van der Waals surface area contributed by atoms with Crippen LogP contribution in [0.5, 0.6) is 5.75 Å². The zero-order chi connectivity index (χ0) is 18.5. The fourth-order valence-electron chi connectivity index (χ4n) is 3.64. The van der Waals surface area contributed by atoms with E-state index in [1.54, 1.807) is 12.1 Å². The second-order valence-corrected chi connectivity index (χ2v) is 6.90. The maximum absolute atomic E-state index is 12.9. The molecule has 2 aromatic carbocycles. The number of phenolic OH excluding ortho intramolecular Hbond substituents is 1. The Kier molecular flexibility index (Phi) is 6.01. The first-order valence-electron chi connectivity index (χ1n) is 9.00. The molecule has 4 nitrogen and oxygen atoms in total. The van der Waals surface area contributed by atoms with Crippen molar-refractivity contribution in [3.63, 3.8) is 0 Å². The zero-order valence-electron chi connectivity index (χ0n) is 14.6. The van der Waals surface area contributed by atoms with Crippen LogP contribution in [0.2, 0.25) is 0 Å². The first-order valence-corrected chi connectivity index (χ1v) is 9.00. The molecule has 0 saturated carbocycles. The minimum absolute atomic E-state index is 0.0672. The molecule has 1 saturated heterocycles. The van der Waals surface area contributed by atoms with Crippen molar-refractivity contribution in [1.82, 2.24) is 4.90 Å². The molecule has 5 heteroatoms. The Morgan fingerprint density at radius 2 is 1.85 bits per heavy atom. The van der Waals surface area contributed by atoms with Gasteiger partial charge in [0.25, 0.3) is 0 Å². The second-order valence-electron chi connectivity index (χ2n) is 6.90. The number of phenols is 1. The molecule has 138 valence electrons. The average molecular weight is 357 g/mol. The van der Waals surface area contributed by atoms with Gasteiger partial charge in [-0.05, 0) is 67.6 Å². The van der Waals surface area contributed by atoms with Gasteiger partial charge in [-0.1, -0.05) is 24.3 Å². The van der Waals surface area contributed by atoms with Crippen molar-refractivity contribution in [2.45, 2.75) is 25.4 Å². The largest absolute Gasteiger partial charge is 0.507 e. The third-order valence-corrected chi connectivity index (χ3v) is 5.26. The van der Waals surface area contributed by atoms with Crippen LogP contribution in [0.1, 0.15) is 40.4 Å². The summed E-state index contributed by atoms with van der Waals surface area (Å²) < 4.78 is 12.9. The van der Waals surface area contributed by atoms with Gasteiger partial charge in [0, 0.05) is 6.54 Å². The van der Waals surface area contributed by atoms with Crippen molar-refractivity contribution in [3.8, 4) is 5.75 Å². The van der Waals surface area contributed by atoms with Crippen LogP contribution in [0.25, 0.3) is 0 Å². The number of aliphatic hydroxyl groups excluding tert-OH is 1. The number of nitrogens with zero attached hydrogens (tertiary/aromatic N) is 1. The van der Waals surface area contributed by atoms with Gasteiger partial charge in [-0.3, -0.25) is 4.79 Å². The van der Waals surface area contributed by atoms with E-state index in [-0.39, 0.29) is 23.0 Å². The van der Waals surface area contributed by atoms with Gasteiger partial charge in [0.05, 0.1) is 11.7 Å². The third-order valence-electron chi connectivity index (χ3n) is 5.26. The van der Waals surface area contributed by atoms with Crippen LogP contribution in [0.15, 0.2) is 42.5 Å². The summed E-state index contributed by atoms with van der Waals surface area (Å²) in [6.45, 7) is 2.65. The van der Waals surface area contributed by atoms with Crippen molar-refractivity contribution < 1.29 is 19.4 Å². The molecule has 0 aliphatic carbocycles. The number of aldehydes is 1. The predicted octanol–water partition coefficient (Wildman–Crippen LogP) is 3.33. The fourth-order valence-corrected chi connectivity index (χ4v) is 3.64. The summed E-state index contributed by atoms with van der Waals surface area (Å²) in [5, 5.41) is 20.5. The molecule has 0 bridgehead atoms. The molecule has 1 aliphatic rings. The maximum Gasteiger partial charge on any atom is 0.154 e. The summed E-state index contributed by atoms with van der Waals surface area (Å²) in [5.74, 6) is -0.240. The molecule has 1 aliphatic heterocycles. The maximum atomic E-state index is 12.9. The Labute approximate surface area is 152 Å². The van der Waals surface area contributed by atoms with Crippen molar-refractivity contribution >= 4 is 6.29 Å². The van der Waals surface area contributed by atoms with Gasteiger partial charge >= 0.3 is 0 Å². The molecule has 2 N–H and O–H groups in total. The van der Waals surface area contributed by atoms with E-state index in [4.69, 9.17) is 0 Å². The van der Waals surface area contributed by atoms with Crippen LogP contribution in [0.4, 0.5) is 4.39 Å². The number of piperidine rings is 1. The molecule has 0 radical (unpaired) electrons. The van der Waals surface area contributed by atoms with E-state index in [1.807, 2.05) is 12.1 Å². The summed E-state index contributed by atoms with van der Waals surface area (Å²) in [6.07, 6.45) is 2.39. The average Bonchev–Trinajstić information content (AvgIpc) is 2.67. The number of hydrogen-bond donors (Lipinski definition) is 2. The molecule has 0 aromatic heterocycles. The molecule has 2 aromatic rings. The van der Waals surface area contributed by atoms with Gasteiger partial charge in [-0.15, -0.1) is 0 Å². The fraction of sp³-hybridized carbons (Fsp3) is 0.381. The van der Waals surface area contributed by atoms with Crippen LogP contribution in [0, 0.1) is 11.7 Å². The zero-order valence-corrected chi connectivity index (χ0v) is 14.6. The number of halogens is 1. The van der Waals surface area contributed by atoms with Gasteiger partial charge in [-0.2, -0.15) is 0 Å². The molecule has 3 rings (SSSR count). The lowest BCUT2D eigenvalue weighted by molar-refractivity contribution is 0.0583. The minimum Gasteiger partial charge on any atom is -0.507 e. The molecule has 1 unspecified atom stereocenters. The minimum atomic E-state index is -0.749. The lowest BCUT2D eigenvalue weighted by Crippen LogP contribution is -2.37. The van der Waals surface area contributed by atoms with E-state index in [0.717, 1.165) is 44.5 Å². The summed E-state index contributed by atoms with van der Waals surface area (Å²) in [4.78, 5) is 13.6. The highest BCUT2D eigenvalue weighted by atomic mass is 19.1. The first kappa shape index (κ1) is 18.5. The van der Waals surface area contributed by atoms with Crippen molar-refractivity contribution in [1.29, 1.82) is 0 Å². The van der Waals surface area contributed by atoms with E-state index in [0.29, 0.717) is 11.8 Å². The number of rotatable bonds is 6. The molecule has 0 spiro atoms. The van der Waals surface area contributed by atoms with Crippen LogP contribution < -0.4 is 0 Å². The molecule has 0 amide bonds. The van der Waals surface area contributed by atoms with E-state index >= 15 is 0 Å². The summed E-state index contributed by atoms with van der Waals surface area (Å²) in [5.41, 5.74) is 1.80. The molecule has 1 heterocycles. The standard InChI is InChI=1S/C21H24FNO3/c22-17-6-4-15(5-7-17)8-11-23-12-9-16(10-13-23)21(26)18-2-1-3-20(25)19(18)14-24/h1-7,14,16,21,25-26H,8-13H2. The number of aliphatic hydroxyl groups is 1. The van der Waals surface area contributed by atoms with E-state index < -0.39 is 6.10 Å². The van der Waals surface area contributed by atoms with Crippen molar-refractivity contribution in [2.75, 3.05) is 19.6 Å². The molecule has 1 fully saturated rings. The topological polar surface area (TPSA) is 60.8 Å². The van der Waals surface area contributed by atoms with E-state index in [1.165, 1.54) is 18.2 Å². The molecule has 1 atom stereocenters. The van der Waals surface area contributed by atoms with Gasteiger partial charge in [0.15, 0.2) is 6.29 Å². The Balaban J connectivity index is 1.54. The highest BCUT2D eigenvalue weighted by molar-refractivity contribution is 5.81. The van der Waals surface area contributed by atoms with E-state index in [9.17, 15) is 19.4 Å². The Morgan fingerprint density at radius 1 is 1.15 bits per heavy atom. The summed E-state index contributed by atoms with van der Waals surface area (Å²) in [6, 6.07) is 11.4. The monoisotopic (exact) mass is 357 g/mol. The second kappa shape index (κ2) is 8.43. The van der Waals surface area contributed by atoms with Gasteiger partial charge in [0.1, 0.15) is 11.6 Å². The lowest BCUT2D eigenvalue weighted by atomic mass is 9.85. The van der Waals surface area contributed by atoms with Crippen molar-refractivity contribution in [2.24, 2.45) is 5.92 Å². The van der Waals surface area contributed by atoms with Gasteiger partial charge in [-0.25, -0.2) is 4.39 Å². The Bertz CT molecular complexity index is 739.